The molecule has 1 N–H and O–H groups in total. The van der Waals surface area contributed by atoms with Crippen molar-refractivity contribution in [2.24, 2.45) is 0 Å². The number of rotatable bonds is 6. The molecule has 7 heteroatoms. The minimum absolute atomic E-state index is 0.152. The lowest BCUT2D eigenvalue weighted by molar-refractivity contribution is 0.0227. The number of fused-ring (bicyclic) bond motifs is 1. The van der Waals surface area contributed by atoms with Crippen LogP contribution in [-0.4, -0.2) is 33.2 Å². The van der Waals surface area contributed by atoms with Crippen LogP contribution < -0.4 is 14.4 Å². The van der Waals surface area contributed by atoms with Crippen molar-refractivity contribution in [2.45, 2.75) is 51.7 Å². The molecule has 1 heterocycles. The molecule has 0 bridgehead atoms. The number of nitrogens with zero attached hydrogens (tertiary/aromatic N) is 1. The standard InChI is InChI=1S/C23H30N2O4S/c1-6-23(7-2)15-19(18-10-8-9-11-21(18)29-23)24-22(26)17-12-13-20(16(3)14-17)25(4)30(5,27)28/h8-14,19H,6-7,15H2,1-5H3,(H,24,26)/t19-/m0/s1. The topological polar surface area (TPSA) is 75.7 Å². The number of benzene rings is 2. The van der Waals surface area contributed by atoms with Crippen molar-refractivity contribution in [3.8, 4) is 5.75 Å². The van der Waals surface area contributed by atoms with Gasteiger partial charge in [0.05, 0.1) is 18.0 Å². The number of aryl methyl sites for hydroxylation is 1. The molecule has 0 aromatic heterocycles. The van der Waals surface area contributed by atoms with Crippen LogP contribution in [0.2, 0.25) is 0 Å². The summed E-state index contributed by atoms with van der Waals surface area (Å²) in [7, 11) is -1.86. The Bertz CT molecular complexity index is 1040. The maximum Gasteiger partial charge on any atom is 0.251 e. The van der Waals surface area contributed by atoms with Crippen molar-refractivity contribution in [1.29, 1.82) is 0 Å². The second-order valence-corrected chi connectivity index (χ2v) is 10.0. The quantitative estimate of drug-likeness (QED) is 0.745. The summed E-state index contributed by atoms with van der Waals surface area (Å²) in [5.74, 6) is 0.633. The van der Waals surface area contributed by atoms with Gasteiger partial charge in [0.2, 0.25) is 10.0 Å². The highest BCUT2D eigenvalue weighted by molar-refractivity contribution is 7.92. The Morgan fingerprint density at radius 3 is 2.47 bits per heavy atom. The Balaban J connectivity index is 1.87. The molecule has 1 amide bonds. The number of carbonyl (C=O) groups excluding carboxylic acids is 1. The number of anilines is 1. The van der Waals surface area contributed by atoms with Gasteiger partial charge in [0, 0.05) is 24.6 Å². The first-order valence-electron chi connectivity index (χ1n) is 10.2. The van der Waals surface area contributed by atoms with Gasteiger partial charge in [0.1, 0.15) is 11.4 Å². The van der Waals surface area contributed by atoms with Gasteiger partial charge in [-0.2, -0.15) is 0 Å². The zero-order chi connectivity index (χ0) is 22.1. The molecule has 1 aliphatic rings. The molecule has 2 aromatic rings. The van der Waals surface area contributed by atoms with Crippen LogP contribution in [0.3, 0.4) is 0 Å². The molecular weight excluding hydrogens is 400 g/mol. The van der Waals surface area contributed by atoms with E-state index in [4.69, 9.17) is 4.74 Å². The molecule has 1 aliphatic heterocycles. The van der Waals surface area contributed by atoms with Crippen molar-refractivity contribution in [3.63, 3.8) is 0 Å². The number of nitrogens with one attached hydrogen (secondary N) is 1. The van der Waals surface area contributed by atoms with Crippen LogP contribution in [0.4, 0.5) is 5.69 Å². The van der Waals surface area contributed by atoms with Crippen molar-refractivity contribution in [1.82, 2.24) is 5.32 Å². The van der Waals surface area contributed by atoms with E-state index >= 15 is 0 Å². The van der Waals surface area contributed by atoms with E-state index in [9.17, 15) is 13.2 Å². The first-order valence-corrected chi connectivity index (χ1v) is 12.1. The average molecular weight is 431 g/mol. The van der Waals surface area contributed by atoms with Crippen molar-refractivity contribution in [3.05, 3.63) is 59.2 Å². The van der Waals surface area contributed by atoms with E-state index < -0.39 is 10.0 Å². The molecule has 1 atom stereocenters. The van der Waals surface area contributed by atoms with Gasteiger partial charge in [-0.05, 0) is 49.6 Å². The Kier molecular flexibility index (Phi) is 6.13. The van der Waals surface area contributed by atoms with Gasteiger partial charge < -0.3 is 10.1 Å². The number of para-hydroxylation sites is 1. The van der Waals surface area contributed by atoms with E-state index in [0.29, 0.717) is 17.7 Å². The third-order valence-corrected chi connectivity index (χ3v) is 7.28. The van der Waals surface area contributed by atoms with Crippen molar-refractivity contribution < 1.29 is 17.9 Å². The number of sulfonamides is 1. The van der Waals surface area contributed by atoms with Crippen LogP contribution in [0.15, 0.2) is 42.5 Å². The SMILES string of the molecule is CCC1(CC)C[C@H](NC(=O)c2ccc(N(C)S(C)(=O)=O)c(C)c2)c2ccccc2O1. The fourth-order valence-electron chi connectivity index (χ4n) is 4.00. The van der Waals surface area contributed by atoms with Crippen LogP contribution in [0.1, 0.15) is 60.6 Å². The van der Waals surface area contributed by atoms with Gasteiger partial charge in [0.25, 0.3) is 5.91 Å². The van der Waals surface area contributed by atoms with Gasteiger partial charge in [0.15, 0.2) is 0 Å². The third kappa shape index (κ3) is 4.31. The Hall–Kier alpha value is -2.54. The molecule has 0 aliphatic carbocycles. The molecule has 0 saturated carbocycles. The van der Waals surface area contributed by atoms with E-state index in [1.807, 2.05) is 24.3 Å². The van der Waals surface area contributed by atoms with Crippen LogP contribution in [0.25, 0.3) is 0 Å². The van der Waals surface area contributed by atoms with E-state index in [-0.39, 0.29) is 17.6 Å². The number of hydrogen-bond acceptors (Lipinski definition) is 4. The molecule has 0 radical (unpaired) electrons. The summed E-state index contributed by atoms with van der Waals surface area (Å²) in [5, 5.41) is 3.17. The smallest absolute Gasteiger partial charge is 0.251 e. The molecule has 162 valence electrons. The van der Waals surface area contributed by atoms with Crippen LogP contribution in [-0.2, 0) is 10.0 Å². The summed E-state index contributed by atoms with van der Waals surface area (Å²) in [4.78, 5) is 13.1. The van der Waals surface area contributed by atoms with E-state index in [0.717, 1.165) is 36.0 Å². The summed E-state index contributed by atoms with van der Waals surface area (Å²) in [6.45, 7) is 6.02. The Morgan fingerprint density at radius 1 is 1.20 bits per heavy atom. The zero-order valence-electron chi connectivity index (χ0n) is 18.2. The summed E-state index contributed by atoms with van der Waals surface area (Å²) in [5.41, 5.74) is 2.46. The molecule has 0 unspecified atom stereocenters. The van der Waals surface area contributed by atoms with Crippen molar-refractivity contribution in [2.75, 3.05) is 17.6 Å². The number of ether oxygens (including phenoxy) is 1. The molecule has 0 spiro atoms. The first-order chi connectivity index (χ1) is 14.1. The Morgan fingerprint density at radius 2 is 1.87 bits per heavy atom. The van der Waals surface area contributed by atoms with Crippen LogP contribution in [0.5, 0.6) is 5.75 Å². The molecule has 2 aromatic carbocycles. The predicted octanol–water partition coefficient (Wildman–Crippen LogP) is 4.20. The maximum absolute atomic E-state index is 13.1. The zero-order valence-corrected chi connectivity index (χ0v) is 19.0. The fourth-order valence-corrected chi connectivity index (χ4v) is 4.56. The van der Waals surface area contributed by atoms with Gasteiger partial charge >= 0.3 is 0 Å². The van der Waals surface area contributed by atoms with E-state index in [2.05, 4.69) is 19.2 Å². The third-order valence-electron chi connectivity index (χ3n) is 6.09. The lowest BCUT2D eigenvalue weighted by Gasteiger charge is -2.41. The van der Waals surface area contributed by atoms with Crippen LogP contribution >= 0.6 is 0 Å². The number of hydrogen-bond donors (Lipinski definition) is 1. The van der Waals surface area contributed by atoms with Crippen LogP contribution in [0, 0.1) is 6.92 Å². The minimum atomic E-state index is -3.37. The summed E-state index contributed by atoms with van der Waals surface area (Å²) >= 11 is 0. The summed E-state index contributed by atoms with van der Waals surface area (Å²) in [6.07, 6.45) is 3.58. The number of amides is 1. The highest BCUT2D eigenvalue weighted by Gasteiger charge is 2.39. The molecule has 6 nitrogen and oxygen atoms in total. The largest absolute Gasteiger partial charge is 0.487 e. The molecule has 30 heavy (non-hydrogen) atoms. The second kappa shape index (κ2) is 8.30. The normalized spacial score (nSPS) is 17.6. The van der Waals surface area contributed by atoms with Gasteiger partial charge in [-0.1, -0.05) is 32.0 Å². The molecular formula is C23H30N2O4S. The molecule has 0 saturated heterocycles. The van der Waals surface area contributed by atoms with Gasteiger partial charge in [-0.3, -0.25) is 9.10 Å². The van der Waals surface area contributed by atoms with Gasteiger partial charge in [-0.15, -0.1) is 0 Å². The Labute approximate surface area is 179 Å². The maximum atomic E-state index is 13.1. The van der Waals surface area contributed by atoms with E-state index in [1.54, 1.807) is 25.1 Å². The fraction of sp³-hybridized carbons (Fsp3) is 0.435. The highest BCUT2D eigenvalue weighted by Crippen LogP contribution is 2.42. The summed E-state index contributed by atoms with van der Waals surface area (Å²) in [6, 6.07) is 12.7. The highest BCUT2D eigenvalue weighted by atomic mass is 32.2. The molecule has 3 rings (SSSR count). The average Bonchev–Trinajstić information content (AvgIpc) is 2.72. The first kappa shape index (κ1) is 22.2. The predicted molar refractivity (Wildman–Crippen MR) is 120 cm³/mol. The van der Waals surface area contributed by atoms with E-state index in [1.165, 1.54) is 11.4 Å². The second-order valence-electron chi connectivity index (χ2n) is 7.99. The minimum Gasteiger partial charge on any atom is -0.487 e. The lowest BCUT2D eigenvalue weighted by atomic mass is 9.83. The molecule has 0 fully saturated rings. The van der Waals surface area contributed by atoms with Gasteiger partial charge in [-0.25, -0.2) is 8.42 Å². The number of carbonyl (C=O) groups is 1. The summed E-state index contributed by atoms with van der Waals surface area (Å²) < 4.78 is 31.2. The van der Waals surface area contributed by atoms with Crippen molar-refractivity contribution >= 4 is 21.6 Å². The lowest BCUT2D eigenvalue weighted by Crippen LogP contribution is -2.44. The monoisotopic (exact) mass is 430 g/mol.